The Hall–Kier alpha value is -2.54. The van der Waals surface area contributed by atoms with E-state index in [9.17, 15) is 0 Å². The SMILES string of the molecule is CC(C)c1cc(CN[C@@H](C)c2ccc(-n3cnnn3)cc2)on1. The Morgan fingerprint density at radius 2 is 1.96 bits per heavy atom. The second-order valence-corrected chi connectivity index (χ2v) is 5.82. The van der Waals surface area contributed by atoms with E-state index >= 15 is 0 Å². The van der Waals surface area contributed by atoms with Crippen LogP contribution in [0.3, 0.4) is 0 Å². The van der Waals surface area contributed by atoms with Gasteiger partial charge in [-0.1, -0.05) is 31.1 Å². The minimum atomic E-state index is 0.200. The molecule has 0 radical (unpaired) electrons. The van der Waals surface area contributed by atoms with E-state index in [0.29, 0.717) is 12.5 Å². The lowest BCUT2D eigenvalue weighted by Gasteiger charge is -2.13. The molecule has 1 atom stereocenters. The smallest absolute Gasteiger partial charge is 0.150 e. The van der Waals surface area contributed by atoms with Gasteiger partial charge in [0.15, 0.2) is 5.76 Å². The van der Waals surface area contributed by atoms with Crippen molar-refractivity contribution in [3.63, 3.8) is 0 Å². The number of aromatic nitrogens is 5. The molecule has 3 aromatic rings. The summed E-state index contributed by atoms with van der Waals surface area (Å²) in [7, 11) is 0. The maximum Gasteiger partial charge on any atom is 0.150 e. The van der Waals surface area contributed by atoms with Crippen LogP contribution in [0.25, 0.3) is 5.69 Å². The molecule has 1 aromatic carbocycles. The topological polar surface area (TPSA) is 81.7 Å². The number of nitrogens with zero attached hydrogens (tertiary/aromatic N) is 5. The lowest BCUT2D eigenvalue weighted by Crippen LogP contribution is -2.17. The molecule has 7 heteroatoms. The van der Waals surface area contributed by atoms with Gasteiger partial charge >= 0.3 is 0 Å². The van der Waals surface area contributed by atoms with Crippen LogP contribution in [-0.4, -0.2) is 25.4 Å². The molecule has 0 unspecified atom stereocenters. The standard InChI is InChI=1S/C16H20N6O/c1-11(2)16-8-15(23-19-16)9-17-12(3)13-4-6-14(7-5-13)22-10-18-20-21-22/h4-8,10-12,17H,9H2,1-3H3/t12-/m0/s1. The molecule has 0 bridgehead atoms. The average Bonchev–Trinajstić information content (AvgIpc) is 3.24. The largest absolute Gasteiger partial charge is 0.360 e. The summed E-state index contributed by atoms with van der Waals surface area (Å²) in [5.41, 5.74) is 3.11. The summed E-state index contributed by atoms with van der Waals surface area (Å²) in [6.07, 6.45) is 1.58. The second kappa shape index (κ2) is 6.70. The molecule has 2 heterocycles. The van der Waals surface area contributed by atoms with Crippen molar-refractivity contribution in [2.75, 3.05) is 0 Å². The maximum atomic E-state index is 5.34. The van der Waals surface area contributed by atoms with Gasteiger partial charge in [-0.05, 0) is 41.0 Å². The fourth-order valence-corrected chi connectivity index (χ4v) is 2.25. The molecule has 0 aliphatic rings. The van der Waals surface area contributed by atoms with E-state index in [0.717, 1.165) is 17.1 Å². The lowest BCUT2D eigenvalue weighted by molar-refractivity contribution is 0.359. The third-order valence-electron chi connectivity index (χ3n) is 3.76. The van der Waals surface area contributed by atoms with Gasteiger partial charge in [-0.2, -0.15) is 0 Å². The molecule has 7 nitrogen and oxygen atoms in total. The van der Waals surface area contributed by atoms with Crippen LogP contribution >= 0.6 is 0 Å². The average molecular weight is 312 g/mol. The monoisotopic (exact) mass is 312 g/mol. The number of rotatable bonds is 6. The molecule has 0 amide bonds. The summed E-state index contributed by atoms with van der Waals surface area (Å²) in [5, 5.41) is 18.7. The van der Waals surface area contributed by atoms with Gasteiger partial charge in [-0.15, -0.1) is 5.10 Å². The first-order valence-electron chi connectivity index (χ1n) is 7.65. The fourth-order valence-electron chi connectivity index (χ4n) is 2.25. The highest BCUT2D eigenvalue weighted by Gasteiger charge is 2.10. The van der Waals surface area contributed by atoms with Crippen LogP contribution in [-0.2, 0) is 6.54 Å². The molecule has 2 aromatic heterocycles. The first-order chi connectivity index (χ1) is 11.1. The lowest BCUT2D eigenvalue weighted by atomic mass is 10.1. The van der Waals surface area contributed by atoms with E-state index in [1.807, 2.05) is 18.2 Å². The van der Waals surface area contributed by atoms with E-state index in [1.54, 1.807) is 11.0 Å². The van der Waals surface area contributed by atoms with Crippen LogP contribution in [0.5, 0.6) is 0 Å². The Bertz CT molecular complexity index is 732. The first-order valence-corrected chi connectivity index (χ1v) is 7.65. The van der Waals surface area contributed by atoms with Crippen LogP contribution in [0.2, 0.25) is 0 Å². The van der Waals surface area contributed by atoms with Gasteiger partial charge in [-0.25, -0.2) is 4.68 Å². The van der Waals surface area contributed by atoms with Crippen LogP contribution in [0.4, 0.5) is 0 Å². The molecule has 3 rings (SSSR count). The number of tetrazole rings is 1. The van der Waals surface area contributed by atoms with Gasteiger partial charge in [-0.3, -0.25) is 0 Å². The summed E-state index contributed by atoms with van der Waals surface area (Å²) in [4.78, 5) is 0. The van der Waals surface area contributed by atoms with Crippen molar-refractivity contribution < 1.29 is 4.52 Å². The normalized spacial score (nSPS) is 12.7. The first kappa shape index (κ1) is 15.4. The van der Waals surface area contributed by atoms with E-state index < -0.39 is 0 Å². The molecule has 0 fully saturated rings. The number of hydrogen-bond acceptors (Lipinski definition) is 6. The van der Waals surface area contributed by atoms with E-state index in [1.165, 1.54) is 5.56 Å². The molecule has 0 spiro atoms. The predicted octanol–water partition coefficient (Wildman–Crippen LogP) is 2.62. The van der Waals surface area contributed by atoms with Crippen molar-refractivity contribution in [2.24, 2.45) is 0 Å². The molecular formula is C16H20N6O. The molecule has 0 saturated carbocycles. The van der Waals surface area contributed by atoms with Gasteiger partial charge in [0.1, 0.15) is 6.33 Å². The van der Waals surface area contributed by atoms with Crippen molar-refractivity contribution >= 4 is 0 Å². The van der Waals surface area contributed by atoms with Crippen molar-refractivity contribution in [3.8, 4) is 5.69 Å². The van der Waals surface area contributed by atoms with E-state index in [-0.39, 0.29) is 6.04 Å². The van der Waals surface area contributed by atoms with Crippen molar-refractivity contribution in [1.29, 1.82) is 0 Å². The van der Waals surface area contributed by atoms with Crippen LogP contribution < -0.4 is 5.32 Å². The Kier molecular flexibility index (Phi) is 4.47. The molecule has 23 heavy (non-hydrogen) atoms. The number of nitrogens with one attached hydrogen (secondary N) is 1. The minimum absolute atomic E-state index is 0.200. The summed E-state index contributed by atoms with van der Waals surface area (Å²) in [5.74, 6) is 1.23. The second-order valence-electron chi connectivity index (χ2n) is 5.82. The van der Waals surface area contributed by atoms with E-state index in [2.05, 4.69) is 58.9 Å². The van der Waals surface area contributed by atoms with Crippen molar-refractivity contribution in [1.82, 2.24) is 30.7 Å². The summed E-state index contributed by atoms with van der Waals surface area (Å²) in [6.45, 7) is 6.97. The van der Waals surface area contributed by atoms with Gasteiger partial charge < -0.3 is 9.84 Å². The number of benzene rings is 1. The van der Waals surface area contributed by atoms with Crippen LogP contribution in [0.15, 0.2) is 41.2 Å². The van der Waals surface area contributed by atoms with Crippen molar-refractivity contribution in [3.05, 3.63) is 53.7 Å². The Morgan fingerprint density at radius 3 is 2.57 bits per heavy atom. The third-order valence-corrected chi connectivity index (χ3v) is 3.76. The number of hydrogen-bond donors (Lipinski definition) is 1. The molecule has 0 saturated heterocycles. The Balaban J connectivity index is 1.60. The van der Waals surface area contributed by atoms with Gasteiger partial charge in [0, 0.05) is 12.1 Å². The molecule has 0 aliphatic carbocycles. The highest BCUT2D eigenvalue weighted by molar-refractivity contribution is 5.34. The Labute approximate surface area is 134 Å². The molecule has 0 aliphatic heterocycles. The molecular weight excluding hydrogens is 292 g/mol. The highest BCUT2D eigenvalue weighted by Crippen LogP contribution is 2.17. The van der Waals surface area contributed by atoms with Crippen molar-refractivity contribution in [2.45, 2.75) is 39.3 Å². The summed E-state index contributed by atoms with van der Waals surface area (Å²) >= 11 is 0. The van der Waals surface area contributed by atoms with Crippen LogP contribution in [0, 0.1) is 0 Å². The Morgan fingerprint density at radius 1 is 1.17 bits per heavy atom. The van der Waals surface area contributed by atoms with Crippen LogP contribution in [0.1, 0.15) is 49.7 Å². The highest BCUT2D eigenvalue weighted by atomic mass is 16.5. The maximum absolute atomic E-state index is 5.34. The zero-order chi connectivity index (χ0) is 16.2. The van der Waals surface area contributed by atoms with E-state index in [4.69, 9.17) is 4.52 Å². The predicted molar refractivity (Wildman–Crippen MR) is 85.0 cm³/mol. The quantitative estimate of drug-likeness (QED) is 0.753. The molecule has 1 N–H and O–H groups in total. The van der Waals surface area contributed by atoms with Gasteiger partial charge in [0.25, 0.3) is 0 Å². The fraction of sp³-hybridized carbons (Fsp3) is 0.375. The van der Waals surface area contributed by atoms with Gasteiger partial charge in [0.2, 0.25) is 0 Å². The zero-order valence-corrected chi connectivity index (χ0v) is 13.5. The van der Waals surface area contributed by atoms with Gasteiger partial charge in [0.05, 0.1) is 17.9 Å². The molecule has 120 valence electrons. The summed E-state index contributed by atoms with van der Waals surface area (Å²) < 4.78 is 6.97. The minimum Gasteiger partial charge on any atom is -0.360 e. The zero-order valence-electron chi connectivity index (χ0n) is 13.5. The third kappa shape index (κ3) is 3.62. The summed E-state index contributed by atoms with van der Waals surface area (Å²) in [6, 6.07) is 10.3.